The van der Waals surface area contributed by atoms with Gasteiger partial charge in [-0.25, -0.2) is 0 Å². The van der Waals surface area contributed by atoms with Crippen LogP contribution in [0.3, 0.4) is 0 Å². The molecule has 0 aliphatic heterocycles. The molecular weight excluding hydrogens is 131 g/mol. The summed E-state index contributed by atoms with van der Waals surface area (Å²) >= 11 is 0. The highest BCUT2D eigenvalue weighted by Crippen LogP contribution is 1.89. The van der Waals surface area contributed by atoms with Crippen molar-refractivity contribution in [1.82, 2.24) is 0 Å². The fraction of sp³-hybridized carbons (Fsp3) is 0. The van der Waals surface area contributed by atoms with Gasteiger partial charge in [-0.2, -0.15) is 0 Å². The first-order valence-electron chi connectivity index (χ1n) is 2.97. The molecule has 1 aromatic carbocycles. The molecule has 1 rings (SSSR count). The Morgan fingerprint density at radius 2 is 1.40 bits per heavy atom. The Kier molecular flexibility index (Phi) is 1.76. The predicted octanol–water partition coefficient (Wildman–Crippen LogP) is -1.19. The average molecular weight is 139 g/mol. The maximum Gasteiger partial charge on any atom is 0.402 e. The summed E-state index contributed by atoms with van der Waals surface area (Å²) < 4.78 is 0. The molecule has 10 heavy (non-hydrogen) atoms. The average Bonchev–Trinajstić information content (AvgIpc) is 1.88. The highest BCUT2D eigenvalue weighted by molar-refractivity contribution is 6.71. The Morgan fingerprint density at radius 1 is 0.900 bits per heavy atom. The van der Waals surface area contributed by atoms with Gasteiger partial charge in [0.05, 0.1) is 0 Å². The van der Waals surface area contributed by atoms with Crippen LogP contribution in [0, 0.1) is 0 Å². The minimum Gasteiger partial charge on any atom is -0.556 e. The first kappa shape index (κ1) is 7.27. The molecule has 4 heteroatoms. The molecule has 0 unspecified atom stereocenters. The fourth-order valence-corrected chi connectivity index (χ4v) is 0.711. The Balaban J connectivity index is 2.97. The van der Waals surface area contributed by atoms with Crippen LogP contribution in [0.2, 0.25) is 0 Å². The van der Waals surface area contributed by atoms with Crippen LogP contribution in [0.15, 0.2) is 30.3 Å². The van der Waals surface area contributed by atoms with Crippen LogP contribution in [-0.4, -0.2) is 21.8 Å². The van der Waals surface area contributed by atoms with Crippen molar-refractivity contribution < 1.29 is 15.1 Å². The molecule has 0 amide bonds. The lowest BCUT2D eigenvalue weighted by Gasteiger charge is -2.20. The topological polar surface area (TPSA) is 60.7 Å². The summed E-state index contributed by atoms with van der Waals surface area (Å²) in [6.45, 7) is -3.30. The first-order chi connectivity index (χ1) is 4.61. The van der Waals surface area contributed by atoms with Crippen molar-refractivity contribution in [3.63, 3.8) is 0 Å². The molecule has 0 atom stereocenters. The van der Waals surface area contributed by atoms with Gasteiger partial charge < -0.3 is 15.1 Å². The van der Waals surface area contributed by atoms with E-state index in [2.05, 4.69) is 0 Å². The van der Waals surface area contributed by atoms with Crippen molar-refractivity contribution in [2.75, 3.05) is 0 Å². The third-order valence-corrected chi connectivity index (χ3v) is 1.25. The van der Waals surface area contributed by atoms with Gasteiger partial charge >= 0.3 is 6.75 Å². The minimum absolute atomic E-state index is 0.127. The molecule has 0 saturated carbocycles. The molecular formula is C6H8BO3-. The van der Waals surface area contributed by atoms with E-state index in [0.717, 1.165) is 0 Å². The second kappa shape index (κ2) is 2.42. The van der Waals surface area contributed by atoms with E-state index in [1.54, 1.807) is 18.2 Å². The largest absolute Gasteiger partial charge is 0.556 e. The van der Waals surface area contributed by atoms with E-state index in [1.165, 1.54) is 12.1 Å². The maximum atomic E-state index is 8.66. The van der Waals surface area contributed by atoms with E-state index in [4.69, 9.17) is 15.1 Å². The summed E-state index contributed by atoms with van der Waals surface area (Å²) in [6, 6.07) is 7.86. The lowest BCUT2D eigenvalue weighted by Crippen LogP contribution is -2.48. The molecule has 3 nitrogen and oxygen atoms in total. The quantitative estimate of drug-likeness (QED) is 0.428. The molecule has 0 fully saturated rings. The van der Waals surface area contributed by atoms with E-state index in [0.29, 0.717) is 0 Å². The van der Waals surface area contributed by atoms with E-state index in [9.17, 15) is 0 Å². The summed E-state index contributed by atoms with van der Waals surface area (Å²) in [4.78, 5) is 0. The number of rotatable bonds is 1. The lowest BCUT2D eigenvalue weighted by atomic mass is 9.71. The van der Waals surface area contributed by atoms with E-state index in [-0.39, 0.29) is 5.46 Å². The summed E-state index contributed by atoms with van der Waals surface area (Å²) in [6.07, 6.45) is 0. The van der Waals surface area contributed by atoms with Crippen molar-refractivity contribution in [1.29, 1.82) is 0 Å². The Labute approximate surface area is 58.6 Å². The molecule has 0 bridgehead atoms. The van der Waals surface area contributed by atoms with E-state index < -0.39 is 6.75 Å². The number of benzene rings is 1. The van der Waals surface area contributed by atoms with Gasteiger partial charge in [0, 0.05) is 0 Å². The highest BCUT2D eigenvalue weighted by Gasteiger charge is 2.16. The summed E-state index contributed by atoms with van der Waals surface area (Å²) in [5.74, 6) is 0. The monoisotopic (exact) mass is 139 g/mol. The van der Waals surface area contributed by atoms with Crippen molar-refractivity contribution in [2.45, 2.75) is 0 Å². The molecule has 0 saturated heterocycles. The molecule has 0 aliphatic carbocycles. The Bertz CT molecular complexity index is 204. The van der Waals surface area contributed by atoms with E-state index >= 15 is 0 Å². The van der Waals surface area contributed by atoms with Crippen LogP contribution < -0.4 is 5.46 Å². The van der Waals surface area contributed by atoms with E-state index in [1.807, 2.05) is 0 Å². The van der Waals surface area contributed by atoms with Crippen LogP contribution in [0.25, 0.3) is 0 Å². The van der Waals surface area contributed by atoms with Crippen LogP contribution >= 0.6 is 0 Å². The van der Waals surface area contributed by atoms with Gasteiger partial charge in [0.1, 0.15) is 0 Å². The summed E-state index contributed by atoms with van der Waals surface area (Å²) in [5.41, 5.74) is 0.127. The van der Waals surface area contributed by atoms with Gasteiger partial charge in [0.15, 0.2) is 0 Å². The van der Waals surface area contributed by atoms with Gasteiger partial charge in [-0.15, -0.1) is 5.46 Å². The van der Waals surface area contributed by atoms with Crippen molar-refractivity contribution in [2.24, 2.45) is 0 Å². The van der Waals surface area contributed by atoms with Gasteiger partial charge in [-0.1, -0.05) is 30.3 Å². The lowest BCUT2D eigenvalue weighted by molar-refractivity contribution is 0.250. The van der Waals surface area contributed by atoms with Gasteiger partial charge in [0.2, 0.25) is 0 Å². The third-order valence-electron chi connectivity index (χ3n) is 1.25. The van der Waals surface area contributed by atoms with Crippen LogP contribution in [0.1, 0.15) is 0 Å². The SMILES string of the molecule is O[B-](O)(O)c1ccccc1. The zero-order valence-electron chi connectivity index (χ0n) is 5.31. The van der Waals surface area contributed by atoms with Crippen LogP contribution in [0.4, 0.5) is 0 Å². The number of hydrogen-bond donors (Lipinski definition) is 3. The smallest absolute Gasteiger partial charge is 0.402 e. The molecule has 0 heterocycles. The molecule has 1 aromatic rings. The second-order valence-electron chi connectivity index (χ2n) is 2.14. The molecule has 3 N–H and O–H groups in total. The molecule has 0 spiro atoms. The molecule has 0 radical (unpaired) electrons. The van der Waals surface area contributed by atoms with Crippen LogP contribution in [0.5, 0.6) is 0 Å². The Morgan fingerprint density at radius 3 is 1.70 bits per heavy atom. The first-order valence-corrected chi connectivity index (χ1v) is 2.97. The minimum atomic E-state index is -3.30. The maximum absolute atomic E-state index is 8.66. The van der Waals surface area contributed by atoms with Gasteiger partial charge in [-0.3, -0.25) is 0 Å². The summed E-state index contributed by atoms with van der Waals surface area (Å²) in [7, 11) is 0. The molecule has 54 valence electrons. The number of hydrogen-bond acceptors (Lipinski definition) is 3. The zero-order valence-corrected chi connectivity index (χ0v) is 5.31. The summed E-state index contributed by atoms with van der Waals surface area (Å²) in [5, 5.41) is 26.0. The highest BCUT2D eigenvalue weighted by atomic mass is 16.5. The normalized spacial score (nSPS) is 11.5. The second-order valence-corrected chi connectivity index (χ2v) is 2.14. The van der Waals surface area contributed by atoms with Crippen molar-refractivity contribution in [3.05, 3.63) is 30.3 Å². The molecule has 0 aromatic heterocycles. The third kappa shape index (κ3) is 1.57. The standard InChI is InChI=1S/C6H8BO3/c8-7(9,10)6-4-2-1-3-5-6/h1-5,8-10H/q-1. The fourth-order valence-electron chi connectivity index (χ4n) is 0.711. The molecule has 0 aliphatic rings. The predicted molar refractivity (Wildman–Crippen MR) is 38.5 cm³/mol. The van der Waals surface area contributed by atoms with Gasteiger partial charge in [-0.05, 0) is 0 Å². The van der Waals surface area contributed by atoms with Crippen LogP contribution in [-0.2, 0) is 0 Å². The van der Waals surface area contributed by atoms with Crippen molar-refractivity contribution in [3.8, 4) is 0 Å². The van der Waals surface area contributed by atoms with Gasteiger partial charge in [0.25, 0.3) is 0 Å². The van der Waals surface area contributed by atoms with Crippen molar-refractivity contribution >= 4 is 12.2 Å². The Hall–Kier alpha value is -0.835. The zero-order chi connectivity index (χ0) is 7.61.